The van der Waals surface area contributed by atoms with E-state index in [-0.39, 0.29) is 5.97 Å². The van der Waals surface area contributed by atoms with Crippen LogP contribution in [0.3, 0.4) is 0 Å². The van der Waals surface area contributed by atoms with Gasteiger partial charge in [0.05, 0.1) is 0 Å². The molecule has 0 rings (SSSR count). The van der Waals surface area contributed by atoms with E-state index in [9.17, 15) is 4.79 Å². The summed E-state index contributed by atoms with van der Waals surface area (Å²) in [5.74, 6) is -0.214. The van der Waals surface area contributed by atoms with Gasteiger partial charge in [0.1, 0.15) is 0 Å². The first kappa shape index (κ1) is 23.6. The molecule has 2 nitrogen and oxygen atoms in total. The second-order valence-electron chi connectivity index (χ2n) is 7.54. The molecule has 0 aliphatic carbocycles. The second-order valence-corrected chi connectivity index (χ2v) is 12.5. The van der Waals surface area contributed by atoms with Crippen LogP contribution in [0.25, 0.3) is 0 Å². The summed E-state index contributed by atoms with van der Waals surface area (Å²) in [5, 5.41) is 0. The van der Waals surface area contributed by atoms with Crippen molar-refractivity contribution in [2.45, 2.75) is 85.5 Å². The van der Waals surface area contributed by atoms with E-state index in [1.165, 1.54) is 76.3 Å². The summed E-state index contributed by atoms with van der Waals surface area (Å²) >= 11 is 0. The van der Waals surface area contributed by atoms with Crippen LogP contribution < -0.4 is 0 Å². The van der Waals surface area contributed by atoms with E-state index in [2.05, 4.69) is 27.4 Å². The third-order valence-corrected chi connectivity index (χ3v) is 10.7. The Morgan fingerprint density at radius 3 is 1.54 bits per heavy atom. The number of carbonyl (C=O) groups excluding carboxylic acids is 1. The van der Waals surface area contributed by atoms with Crippen LogP contribution in [0.5, 0.6) is 0 Å². The summed E-state index contributed by atoms with van der Waals surface area (Å²) in [7, 11) is -1.32. The van der Waals surface area contributed by atoms with Crippen molar-refractivity contribution in [2.75, 3.05) is 31.3 Å². The summed E-state index contributed by atoms with van der Waals surface area (Å²) in [5.41, 5.74) is 0.519. The normalized spacial score (nSPS) is 12.2. The molecule has 0 N–H and O–H groups in total. The Hall–Kier alpha value is -0.360. The molecule has 0 aromatic carbocycles. The fourth-order valence-electron chi connectivity index (χ4n) is 3.48. The Balaban J connectivity index is 4.76. The van der Waals surface area contributed by atoms with Crippen molar-refractivity contribution in [3.63, 3.8) is 0 Å². The van der Waals surface area contributed by atoms with Crippen LogP contribution in [0, 0.1) is 0 Å². The van der Waals surface area contributed by atoms with E-state index >= 15 is 0 Å². The summed E-state index contributed by atoms with van der Waals surface area (Å²) in [6.07, 6.45) is 17.5. The Morgan fingerprint density at radius 2 is 1.21 bits per heavy atom. The number of unbranched alkanes of at least 4 members (excludes halogenated alkanes) is 6. The maximum absolute atomic E-state index is 11.7. The molecular formula is C21H43O2P. The Labute approximate surface area is 152 Å². The second kappa shape index (κ2) is 14.9. The number of rotatable bonds is 16. The fraction of sp³-hybridized carbons (Fsp3) is 0.857. The number of hydrogen-bond donors (Lipinski definition) is 0. The van der Waals surface area contributed by atoms with Crippen molar-refractivity contribution >= 4 is 13.2 Å². The third-order valence-electron chi connectivity index (χ3n) is 5.15. The van der Waals surface area contributed by atoms with Crippen molar-refractivity contribution in [2.24, 2.45) is 0 Å². The number of hydrogen-bond acceptors (Lipinski definition) is 2. The molecule has 0 aromatic heterocycles. The van der Waals surface area contributed by atoms with Crippen LogP contribution in [-0.2, 0) is 9.53 Å². The van der Waals surface area contributed by atoms with Gasteiger partial charge in [0.2, 0.25) is 0 Å². The molecule has 0 spiro atoms. The van der Waals surface area contributed by atoms with Gasteiger partial charge in [-0.3, -0.25) is 0 Å². The van der Waals surface area contributed by atoms with Crippen LogP contribution in [0.4, 0.5) is 0 Å². The molecule has 24 heavy (non-hydrogen) atoms. The zero-order chi connectivity index (χ0) is 18.3. The van der Waals surface area contributed by atoms with Crippen LogP contribution in [0.1, 0.15) is 85.5 Å². The van der Waals surface area contributed by atoms with Crippen molar-refractivity contribution in [1.82, 2.24) is 0 Å². The minimum absolute atomic E-state index is 0.214. The molecule has 144 valence electrons. The van der Waals surface area contributed by atoms with Crippen molar-refractivity contribution in [3.8, 4) is 0 Å². The maximum atomic E-state index is 11.7. The summed E-state index contributed by atoms with van der Waals surface area (Å²) < 4.78 is 5.47. The molecular weight excluding hydrogens is 315 g/mol. The summed E-state index contributed by atoms with van der Waals surface area (Å²) in [6, 6.07) is 0. The molecule has 0 aromatic rings. The third kappa shape index (κ3) is 11.2. The van der Waals surface area contributed by atoms with Gasteiger partial charge in [0.15, 0.2) is 0 Å². The molecule has 0 fully saturated rings. The van der Waals surface area contributed by atoms with Crippen LogP contribution in [0.15, 0.2) is 12.2 Å². The number of ether oxygens (including phenoxy) is 1. The quantitative estimate of drug-likeness (QED) is 0.138. The molecule has 0 aliphatic heterocycles. The standard InChI is InChI=1S/C21H43O2P/c1-6-9-12-16-24(17-13-10-7-2,18-14-11-8-3)19-15-23-21(22)20(4)5/h24H,4,6-19H2,1-3,5H3. The molecule has 3 heteroatoms. The predicted molar refractivity (Wildman–Crippen MR) is 112 cm³/mol. The van der Waals surface area contributed by atoms with E-state index in [4.69, 9.17) is 4.74 Å². The van der Waals surface area contributed by atoms with Gasteiger partial charge in [-0.15, -0.1) is 0 Å². The van der Waals surface area contributed by atoms with Gasteiger partial charge in [-0.1, -0.05) is 0 Å². The van der Waals surface area contributed by atoms with Crippen LogP contribution >= 0.6 is 7.26 Å². The first-order valence-electron chi connectivity index (χ1n) is 10.3. The van der Waals surface area contributed by atoms with E-state index < -0.39 is 7.26 Å². The zero-order valence-corrected chi connectivity index (χ0v) is 17.9. The van der Waals surface area contributed by atoms with Gasteiger partial charge < -0.3 is 0 Å². The SMILES string of the molecule is C=C(C)C(=O)OCC[PH](CCCCC)(CCCCC)CCCCC. The molecule has 0 atom stereocenters. The Morgan fingerprint density at radius 1 is 0.792 bits per heavy atom. The molecule has 0 heterocycles. The predicted octanol–water partition coefficient (Wildman–Crippen LogP) is 6.43. The van der Waals surface area contributed by atoms with Crippen molar-refractivity contribution in [3.05, 3.63) is 12.2 Å². The molecule has 0 bridgehead atoms. The van der Waals surface area contributed by atoms with E-state index in [1.54, 1.807) is 6.92 Å². The van der Waals surface area contributed by atoms with Gasteiger partial charge in [0.25, 0.3) is 0 Å². The van der Waals surface area contributed by atoms with Gasteiger partial charge in [-0.2, -0.15) is 0 Å². The van der Waals surface area contributed by atoms with E-state index in [0.717, 1.165) is 6.16 Å². The summed E-state index contributed by atoms with van der Waals surface area (Å²) in [6.45, 7) is 12.9. The molecule has 0 aliphatic rings. The number of esters is 1. The molecule has 0 saturated carbocycles. The summed E-state index contributed by atoms with van der Waals surface area (Å²) in [4.78, 5) is 11.7. The average Bonchev–Trinajstić information content (AvgIpc) is 2.55. The minimum atomic E-state index is -1.32. The van der Waals surface area contributed by atoms with Crippen molar-refractivity contribution < 1.29 is 9.53 Å². The van der Waals surface area contributed by atoms with E-state index in [0.29, 0.717) is 12.2 Å². The first-order chi connectivity index (χ1) is 11.5. The van der Waals surface area contributed by atoms with Gasteiger partial charge in [0, 0.05) is 0 Å². The number of carbonyl (C=O) groups is 1. The Kier molecular flexibility index (Phi) is 14.7. The Bertz CT molecular complexity index is 312. The van der Waals surface area contributed by atoms with Gasteiger partial charge >= 0.3 is 152 Å². The average molecular weight is 359 g/mol. The first-order valence-corrected chi connectivity index (χ1v) is 13.2. The molecule has 0 saturated heterocycles. The van der Waals surface area contributed by atoms with E-state index in [1.807, 2.05) is 0 Å². The fourth-order valence-corrected chi connectivity index (χ4v) is 8.52. The van der Waals surface area contributed by atoms with Crippen LogP contribution in [0.2, 0.25) is 0 Å². The monoisotopic (exact) mass is 358 g/mol. The molecule has 0 unspecified atom stereocenters. The van der Waals surface area contributed by atoms with Gasteiger partial charge in [-0.25, -0.2) is 0 Å². The molecule has 0 radical (unpaired) electrons. The molecule has 0 amide bonds. The zero-order valence-electron chi connectivity index (χ0n) is 16.9. The van der Waals surface area contributed by atoms with Crippen molar-refractivity contribution in [1.29, 1.82) is 0 Å². The van der Waals surface area contributed by atoms with Gasteiger partial charge in [-0.05, 0) is 0 Å². The topological polar surface area (TPSA) is 26.3 Å². The van der Waals surface area contributed by atoms with Crippen LogP contribution in [-0.4, -0.2) is 37.2 Å².